The number of hydrogen-bond acceptors (Lipinski definition) is 4. The highest BCUT2D eigenvalue weighted by atomic mass is 19.1. The predicted molar refractivity (Wildman–Crippen MR) is 158 cm³/mol. The summed E-state index contributed by atoms with van der Waals surface area (Å²) in [6.45, 7) is 12.9. The number of benzene rings is 2. The number of carbonyl (C=O) groups excluding carboxylic acids is 2. The third-order valence-corrected chi connectivity index (χ3v) is 7.23. The molecule has 2 heterocycles. The van der Waals surface area contributed by atoms with E-state index in [2.05, 4.69) is 16.6 Å². The van der Waals surface area contributed by atoms with Crippen LogP contribution in [-0.2, 0) is 15.0 Å². The molecule has 0 bridgehead atoms. The molecule has 4 rings (SSSR count). The molecule has 1 atom stereocenters. The second kappa shape index (κ2) is 12.0. The number of carbonyl (C=O) groups is 2. The molecule has 1 aliphatic heterocycles. The summed E-state index contributed by atoms with van der Waals surface area (Å²) >= 11 is 0. The van der Waals surface area contributed by atoms with Gasteiger partial charge in [0.1, 0.15) is 23.2 Å². The first-order valence-electron chi connectivity index (χ1n) is 13.5. The Morgan fingerprint density at radius 1 is 1.10 bits per heavy atom. The third-order valence-electron chi connectivity index (χ3n) is 7.23. The molecule has 0 radical (unpaired) electrons. The summed E-state index contributed by atoms with van der Waals surface area (Å²) < 4.78 is 30.7. The quantitative estimate of drug-likeness (QED) is 0.168. The molecular formula is C32H35F2N5O2. The second-order valence-electron chi connectivity index (χ2n) is 11.0. The van der Waals surface area contributed by atoms with Crippen molar-refractivity contribution in [2.24, 2.45) is 4.99 Å². The van der Waals surface area contributed by atoms with Crippen molar-refractivity contribution in [1.82, 2.24) is 14.8 Å². The normalized spacial score (nSPS) is 16.0. The fraction of sp³-hybridized carbons (Fsp3) is 0.312. The Morgan fingerprint density at radius 2 is 1.78 bits per heavy atom. The molecule has 0 spiro atoms. The van der Waals surface area contributed by atoms with Gasteiger partial charge in [-0.2, -0.15) is 0 Å². The largest absolute Gasteiger partial charge is 0.350 e. The summed E-state index contributed by atoms with van der Waals surface area (Å²) in [5.74, 6) is -1.02. The van der Waals surface area contributed by atoms with E-state index in [-0.39, 0.29) is 40.0 Å². The van der Waals surface area contributed by atoms with Crippen LogP contribution in [0.3, 0.4) is 0 Å². The zero-order valence-corrected chi connectivity index (χ0v) is 24.1. The predicted octanol–water partition coefficient (Wildman–Crippen LogP) is 5.71. The van der Waals surface area contributed by atoms with E-state index in [4.69, 9.17) is 0 Å². The van der Waals surface area contributed by atoms with Crippen molar-refractivity contribution in [3.05, 3.63) is 90.0 Å². The van der Waals surface area contributed by atoms with E-state index in [1.54, 1.807) is 24.1 Å². The molecule has 2 aromatic carbocycles. The zero-order valence-electron chi connectivity index (χ0n) is 24.1. The number of anilines is 2. The van der Waals surface area contributed by atoms with Gasteiger partial charge in [-0.3, -0.25) is 19.5 Å². The van der Waals surface area contributed by atoms with Crippen molar-refractivity contribution in [2.45, 2.75) is 39.2 Å². The molecular weight excluding hydrogens is 524 g/mol. The van der Waals surface area contributed by atoms with Gasteiger partial charge in [0, 0.05) is 38.3 Å². The Morgan fingerprint density at radius 3 is 2.39 bits per heavy atom. The lowest BCUT2D eigenvalue weighted by Crippen LogP contribution is -2.55. The van der Waals surface area contributed by atoms with Gasteiger partial charge in [-0.25, -0.2) is 13.8 Å². The summed E-state index contributed by atoms with van der Waals surface area (Å²) in [7, 11) is 1.59. The average molecular weight is 560 g/mol. The van der Waals surface area contributed by atoms with Crippen LogP contribution in [-0.4, -0.2) is 65.7 Å². The SMILES string of the molecule is C=CC(=O)N1CCN(C(=NC)c2cc(F)c(-c3ccccc3F)nc2N(C=O)c2ccccc2C(C)(C)C)C(C)C1. The summed E-state index contributed by atoms with van der Waals surface area (Å²) in [5, 5.41) is 0. The number of aromatic nitrogens is 1. The number of nitrogens with zero attached hydrogens (tertiary/aromatic N) is 5. The minimum absolute atomic E-state index is 0.0207. The maximum absolute atomic E-state index is 15.8. The molecule has 0 aliphatic carbocycles. The van der Waals surface area contributed by atoms with Gasteiger partial charge in [0.05, 0.1) is 11.3 Å². The molecule has 1 saturated heterocycles. The first-order chi connectivity index (χ1) is 19.5. The molecule has 0 saturated carbocycles. The van der Waals surface area contributed by atoms with Crippen molar-refractivity contribution in [3.8, 4) is 11.3 Å². The lowest BCUT2D eigenvalue weighted by atomic mass is 9.85. The number of amidine groups is 1. The molecule has 1 fully saturated rings. The number of rotatable bonds is 6. The smallest absolute Gasteiger partial charge is 0.246 e. The van der Waals surface area contributed by atoms with E-state index < -0.39 is 11.6 Å². The van der Waals surface area contributed by atoms with E-state index in [1.807, 2.05) is 50.8 Å². The zero-order chi connectivity index (χ0) is 29.9. The molecule has 1 aliphatic rings. The van der Waals surface area contributed by atoms with Gasteiger partial charge in [0.25, 0.3) is 0 Å². The first kappa shape index (κ1) is 29.6. The van der Waals surface area contributed by atoms with E-state index in [0.717, 1.165) is 5.56 Å². The highest BCUT2D eigenvalue weighted by Gasteiger charge is 2.33. The summed E-state index contributed by atoms with van der Waals surface area (Å²) in [6.07, 6.45) is 1.92. The highest BCUT2D eigenvalue weighted by molar-refractivity contribution is 6.06. The fourth-order valence-corrected chi connectivity index (χ4v) is 5.21. The topological polar surface area (TPSA) is 69.1 Å². The lowest BCUT2D eigenvalue weighted by molar-refractivity contribution is -0.128. The van der Waals surface area contributed by atoms with Crippen molar-refractivity contribution in [1.29, 1.82) is 0 Å². The summed E-state index contributed by atoms with van der Waals surface area (Å²) in [6, 6.07) is 14.3. The molecule has 7 nitrogen and oxygen atoms in total. The number of piperazine rings is 1. The van der Waals surface area contributed by atoms with E-state index in [0.29, 0.717) is 37.6 Å². The van der Waals surface area contributed by atoms with Gasteiger partial charge in [0.2, 0.25) is 12.3 Å². The number of pyridine rings is 1. The van der Waals surface area contributed by atoms with Gasteiger partial charge in [-0.1, -0.05) is 57.7 Å². The van der Waals surface area contributed by atoms with Crippen molar-refractivity contribution < 1.29 is 18.4 Å². The molecule has 9 heteroatoms. The molecule has 41 heavy (non-hydrogen) atoms. The minimum atomic E-state index is -0.752. The van der Waals surface area contributed by atoms with E-state index in [9.17, 15) is 14.0 Å². The van der Waals surface area contributed by atoms with Gasteiger partial charge in [-0.05, 0) is 48.2 Å². The monoisotopic (exact) mass is 559 g/mol. The van der Waals surface area contributed by atoms with Crippen LogP contribution in [0.2, 0.25) is 0 Å². The minimum Gasteiger partial charge on any atom is -0.350 e. The average Bonchev–Trinajstić information content (AvgIpc) is 2.95. The van der Waals surface area contributed by atoms with E-state index in [1.165, 1.54) is 35.2 Å². The lowest BCUT2D eigenvalue weighted by Gasteiger charge is -2.41. The van der Waals surface area contributed by atoms with Crippen LogP contribution in [0.25, 0.3) is 11.3 Å². The number of amides is 2. The maximum atomic E-state index is 15.8. The van der Waals surface area contributed by atoms with Crippen molar-refractivity contribution in [3.63, 3.8) is 0 Å². The van der Waals surface area contributed by atoms with E-state index >= 15 is 4.39 Å². The second-order valence-corrected chi connectivity index (χ2v) is 11.0. The standard InChI is InChI=1S/C32H35F2N5O2/c1-7-28(41)37-16-17-38(21(2)19-37)30(35-6)23-18-26(34)29(22-12-8-10-14-25(22)33)36-31(23)39(20-40)27-15-11-9-13-24(27)32(3,4)5/h7-15,18,20-21H,1,16-17,19H2,2-6H3. The Kier molecular flexibility index (Phi) is 8.66. The number of hydrogen-bond donors (Lipinski definition) is 0. The Balaban J connectivity index is 1.94. The Bertz CT molecular complexity index is 1500. The number of halogens is 2. The van der Waals surface area contributed by atoms with Gasteiger partial charge in [0.15, 0.2) is 5.82 Å². The summed E-state index contributed by atoms with van der Waals surface area (Å²) in [4.78, 5) is 39.3. The molecule has 2 amide bonds. The third kappa shape index (κ3) is 5.89. The van der Waals surface area contributed by atoms with Crippen LogP contribution >= 0.6 is 0 Å². The van der Waals surface area contributed by atoms with Gasteiger partial charge >= 0.3 is 0 Å². The van der Waals surface area contributed by atoms with Crippen LogP contribution in [0, 0.1) is 11.6 Å². The maximum Gasteiger partial charge on any atom is 0.246 e. The molecule has 214 valence electrons. The first-order valence-corrected chi connectivity index (χ1v) is 13.5. The van der Waals surface area contributed by atoms with Gasteiger partial charge in [-0.15, -0.1) is 0 Å². The van der Waals surface area contributed by atoms with Gasteiger partial charge < -0.3 is 9.80 Å². The van der Waals surface area contributed by atoms with Crippen molar-refractivity contribution in [2.75, 3.05) is 31.6 Å². The fourth-order valence-electron chi connectivity index (χ4n) is 5.21. The molecule has 1 aromatic heterocycles. The molecule has 1 unspecified atom stereocenters. The molecule has 3 aromatic rings. The number of aliphatic imine (C=N–C) groups is 1. The van der Waals surface area contributed by atoms with Crippen LogP contribution in [0.5, 0.6) is 0 Å². The van der Waals surface area contributed by atoms with Crippen LogP contribution < -0.4 is 4.90 Å². The highest BCUT2D eigenvalue weighted by Crippen LogP contribution is 2.38. The van der Waals surface area contributed by atoms with Crippen LogP contribution in [0.1, 0.15) is 38.8 Å². The Hall–Kier alpha value is -4.40. The Labute approximate surface area is 239 Å². The van der Waals surface area contributed by atoms with Crippen molar-refractivity contribution >= 4 is 29.7 Å². The van der Waals surface area contributed by atoms with Crippen LogP contribution in [0.4, 0.5) is 20.3 Å². The molecule has 0 N–H and O–H groups in total. The number of para-hydroxylation sites is 1. The van der Waals surface area contributed by atoms with Crippen LogP contribution in [0.15, 0.2) is 72.2 Å². The summed E-state index contributed by atoms with van der Waals surface area (Å²) in [5.41, 5.74) is 1.14.